The fraction of sp³-hybridized carbons (Fsp3) is 0.500. The van der Waals surface area contributed by atoms with Crippen molar-refractivity contribution in [3.05, 3.63) is 15.5 Å². The monoisotopic (exact) mass is 290 g/mol. The van der Waals surface area contributed by atoms with E-state index in [0.717, 1.165) is 0 Å². The summed E-state index contributed by atoms with van der Waals surface area (Å²) in [6.07, 6.45) is -0.577. The van der Waals surface area contributed by atoms with Crippen LogP contribution in [0.5, 0.6) is 0 Å². The molecule has 0 aliphatic carbocycles. The van der Waals surface area contributed by atoms with Crippen LogP contribution in [0.25, 0.3) is 0 Å². The predicted molar refractivity (Wildman–Crippen MR) is 65.0 cm³/mol. The highest BCUT2D eigenvalue weighted by Crippen LogP contribution is 2.22. The van der Waals surface area contributed by atoms with Gasteiger partial charge < -0.3 is 14.7 Å². The van der Waals surface area contributed by atoms with Crippen LogP contribution in [0.15, 0.2) is 5.51 Å². The van der Waals surface area contributed by atoms with Gasteiger partial charge >= 0.3 is 5.97 Å². The van der Waals surface area contributed by atoms with Crippen molar-refractivity contribution in [2.24, 2.45) is 0 Å². The SMILES string of the molecule is O=C(O)C[C@@H]1CN(C(=O)c2scnc2Cl)CCO1. The quantitative estimate of drug-likeness (QED) is 0.902. The van der Waals surface area contributed by atoms with E-state index in [1.807, 2.05) is 0 Å². The van der Waals surface area contributed by atoms with Gasteiger partial charge in [0.25, 0.3) is 5.91 Å². The zero-order valence-corrected chi connectivity index (χ0v) is 10.9. The molecule has 1 aliphatic rings. The van der Waals surface area contributed by atoms with E-state index in [4.69, 9.17) is 21.4 Å². The van der Waals surface area contributed by atoms with Crippen molar-refractivity contribution in [3.63, 3.8) is 0 Å². The van der Waals surface area contributed by atoms with Gasteiger partial charge in [0.1, 0.15) is 4.88 Å². The molecule has 0 aromatic carbocycles. The molecular formula is C10H11ClN2O4S. The van der Waals surface area contributed by atoms with Gasteiger partial charge in [-0.05, 0) is 0 Å². The van der Waals surface area contributed by atoms with Crippen molar-refractivity contribution in [1.29, 1.82) is 0 Å². The van der Waals surface area contributed by atoms with E-state index in [0.29, 0.717) is 18.0 Å². The molecule has 0 unspecified atom stereocenters. The van der Waals surface area contributed by atoms with Gasteiger partial charge in [-0.1, -0.05) is 11.6 Å². The number of morpholine rings is 1. The van der Waals surface area contributed by atoms with E-state index in [1.165, 1.54) is 16.8 Å². The van der Waals surface area contributed by atoms with Gasteiger partial charge in [0.05, 0.1) is 24.6 Å². The summed E-state index contributed by atoms with van der Waals surface area (Å²) in [6, 6.07) is 0. The lowest BCUT2D eigenvalue weighted by Crippen LogP contribution is -2.46. The Labute approximate surface area is 112 Å². The molecule has 0 spiro atoms. The normalized spacial score (nSPS) is 19.8. The number of carbonyl (C=O) groups excluding carboxylic acids is 1. The van der Waals surface area contributed by atoms with Crippen LogP contribution >= 0.6 is 22.9 Å². The number of carboxylic acids is 1. The number of rotatable bonds is 3. The third-order valence-electron chi connectivity index (χ3n) is 2.55. The average Bonchev–Trinajstić information content (AvgIpc) is 2.74. The van der Waals surface area contributed by atoms with Crippen LogP contribution in [0, 0.1) is 0 Å². The third kappa shape index (κ3) is 2.98. The summed E-state index contributed by atoms with van der Waals surface area (Å²) in [6.45, 7) is 1.03. The molecular weight excluding hydrogens is 280 g/mol. The van der Waals surface area contributed by atoms with Crippen LogP contribution in [0.1, 0.15) is 16.1 Å². The summed E-state index contributed by atoms with van der Waals surface area (Å²) in [5.74, 6) is -1.16. The van der Waals surface area contributed by atoms with E-state index in [1.54, 1.807) is 4.90 Å². The molecule has 2 rings (SSSR count). The van der Waals surface area contributed by atoms with Crippen LogP contribution < -0.4 is 0 Å². The molecule has 18 heavy (non-hydrogen) atoms. The van der Waals surface area contributed by atoms with Gasteiger partial charge in [0.15, 0.2) is 5.15 Å². The molecule has 0 radical (unpaired) electrons. The Morgan fingerprint density at radius 1 is 1.67 bits per heavy atom. The molecule has 1 amide bonds. The number of ether oxygens (including phenoxy) is 1. The predicted octanol–water partition coefficient (Wildman–Crippen LogP) is 1.11. The van der Waals surface area contributed by atoms with Crippen molar-refractivity contribution in [1.82, 2.24) is 9.88 Å². The van der Waals surface area contributed by atoms with Gasteiger partial charge in [0, 0.05) is 13.1 Å². The highest BCUT2D eigenvalue weighted by atomic mass is 35.5. The Kier molecular flexibility index (Phi) is 4.15. The smallest absolute Gasteiger partial charge is 0.306 e. The van der Waals surface area contributed by atoms with Crippen LogP contribution in [-0.4, -0.2) is 52.7 Å². The van der Waals surface area contributed by atoms with Crippen LogP contribution in [0.3, 0.4) is 0 Å². The van der Waals surface area contributed by atoms with Crippen LogP contribution in [0.2, 0.25) is 5.15 Å². The van der Waals surface area contributed by atoms with Crippen molar-refractivity contribution < 1.29 is 19.4 Å². The number of amides is 1. The zero-order chi connectivity index (χ0) is 13.1. The average molecular weight is 291 g/mol. The Balaban J connectivity index is 2.03. The lowest BCUT2D eigenvalue weighted by molar-refractivity contribution is -0.141. The van der Waals surface area contributed by atoms with Crippen molar-refractivity contribution in [2.45, 2.75) is 12.5 Å². The number of aromatic nitrogens is 1. The molecule has 6 nitrogen and oxygen atoms in total. The molecule has 1 atom stereocenters. The van der Waals surface area contributed by atoms with E-state index in [-0.39, 0.29) is 24.0 Å². The second-order valence-electron chi connectivity index (χ2n) is 3.81. The summed E-state index contributed by atoms with van der Waals surface area (Å²) in [5.41, 5.74) is 1.50. The lowest BCUT2D eigenvalue weighted by Gasteiger charge is -2.32. The molecule has 0 saturated carbocycles. The maximum Gasteiger partial charge on any atom is 0.306 e. The Hall–Kier alpha value is -1.18. The second kappa shape index (κ2) is 5.64. The van der Waals surface area contributed by atoms with Gasteiger partial charge in [-0.2, -0.15) is 0 Å². The summed E-state index contributed by atoms with van der Waals surface area (Å²) >= 11 is 6.98. The van der Waals surface area contributed by atoms with E-state index in [9.17, 15) is 9.59 Å². The van der Waals surface area contributed by atoms with Crippen LogP contribution in [0.4, 0.5) is 0 Å². The maximum absolute atomic E-state index is 12.1. The van der Waals surface area contributed by atoms with Crippen molar-refractivity contribution in [2.75, 3.05) is 19.7 Å². The summed E-state index contributed by atoms with van der Waals surface area (Å²) < 4.78 is 5.30. The minimum absolute atomic E-state index is 0.111. The highest BCUT2D eigenvalue weighted by Gasteiger charge is 2.28. The number of carbonyl (C=O) groups is 2. The van der Waals surface area contributed by atoms with Gasteiger partial charge in [0.2, 0.25) is 0 Å². The molecule has 98 valence electrons. The molecule has 1 aliphatic heterocycles. The number of hydrogen-bond donors (Lipinski definition) is 1. The van der Waals surface area contributed by atoms with E-state index >= 15 is 0 Å². The summed E-state index contributed by atoms with van der Waals surface area (Å²) in [4.78, 5) is 28.5. The minimum Gasteiger partial charge on any atom is -0.481 e. The number of halogens is 1. The Morgan fingerprint density at radius 3 is 3.06 bits per heavy atom. The standard InChI is InChI=1S/C10H11ClN2O4S/c11-9-8(18-5-12-9)10(16)13-1-2-17-6(4-13)3-7(14)15/h5-6H,1-4H2,(H,14,15)/t6-/m1/s1. The molecule has 1 saturated heterocycles. The Bertz CT molecular complexity index is 464. The highest BCUT2D eigenvalue weighted by molar-refractivity contribution is 7.12. The number of hydrogen-bond acceptors (Lipinski definition) is 5. The topological polar surface area (TPSA) is 79.7 Å². The van der Waals surface area contributed by atoms with Crippen molar-refractivity contribution in [3.8, 4) is 0 Å². The van der Waals surface area contributed by atoms with Gasteiger partial charge in [-0.15, -0.1) is 11.3 Å². The summed E-state index contributed by atoms with van der Waals surface area (Å²) in [5, 5.41) is 8.89. The number of thiazole rings is 1. The first-order chi connectivity index (χ1) is 8.58. The van der Waals surface area contributed by atoms with Gasteiger partial charge in [-0.3, -0.25) is 9.59 Å². The first-order valence-electron chi connectivity index (χ1n) is 5.29. The number of carboxylic acid groups (broad SMARTS) is 1. The zero-order valence-electron chi connectivity index (χ0n) is 9.34. The fourth-order valence-corrected chi connectivity index (χ4v) is 2.70. The minimum atomic E-state index is -0.940. The number of nitrogens with zero attached hydrogens (tertiary/aromatic N) is 2. The summed E-state index contributed by atoms with van der Waals surface area (Å²) in [7, 11) is 0. The fourth-order valence-electron chi connectivity index (χ4n) is 1.74. The first kappa shape index (κ1) is 13.3. The number of aliphatic carboxylic acids is 1. The van der Waals surface area contributed by atoms with E-state index < -0.39 is 12.1 Å². The molecule has 0 bridgehead atoms. The first-order valence-corrected chi connectivity index (χ1v) is 6.55. The molecule has 1 aromatic heterocycles. The lowest BCUT2D eigenvalue weighted by atomic mass is 10.2. The molecule has 1 aromatic rings. The molecule has 1 N–H and O–H groups in total. The maximum atomic E-state index is 12.1. The second-order valence-corrected chi connectivity index (χ2v) is 5.03. The molecule has 8 heteroatoms. The Morgan fingerprint density at radius 2 is 2.44 bits per heavy atom. The van der Waals surface area contributed by atoms with Crippen LogP contribution in [-0.2, 0) is 9.53 Å². The van der Waals surface area contributed by atoms with Gasteiger partial charge in [-0.25, -0.2) is 4.98 Å². The third-order valence-corrected chi connectivity index (χ3v) is 3.76. The molecule has 1 fully saturated rings. The molecule has 2 heterocycles. The van der Waals surface area contributed by atoms with Crippen molar-refractivity contribution >= 4 is 34.8 Å². The largest absolute Gasteiger partial charge is 0.481 e. The van der Waals surface area contributed by atoms with E-state index in [2.05, 4.69) is 4.98 Å².